The van der Waals surface area contributed by atoms with Crippen LogP contribution in [0.3, 0.4) is 0 Å². The molecule has 2 aromatic carbocycles. The number of fused-ring (bicyclic) bond motifs is 1. The van der Waals surface area contributed by atoms with Crippen molar-refractivity contribution < 1.29 is 14.3 Å². The number of amides is 2. The number of benzene rings is 2. The first kappa shape index (κ1) is 17.5. The summed E-state index contributed by atoms with van der Waals surface area (Å²) in [6, 6.07) is 11.8. The number of hydrogen-bond acceptors (Lipinski definition) is 4. The van der Waals surface area contributed by atoms with Crippen LogP contribution in [0.15, 0.2) is 41.3 Å². The van der Waals surface area contributed by atoms with Crippen LogP contribution in [0.25, 0.3) is 16.8 Å². The zero-order valence-corrected chi connectivity index (χ0v) is 15.0. The Kier molecular flexibility index (Phi) is 5.76. The van der Waals surface area contributed by atoms with Gasteiger partial charge in [0, 0.05) is 5.39 Å². The van der Waals surface area contributed by atoms with Gasteiger partial charge in [0.15, 0.2) is 0 Å². The van der Waals surface area contributed by atoms with E-state index in [1.807, 2.05) is 36.4 Å². The molecule has 0 atom stereocenters. The Morgan fingerprint density at radius 1 is 1.04 bits per heavy atom. The van der Waals surface area contributed by atoms with Crippen molar-refractivity contribution in [1.29, 1.82) is 0 Å². The molecule has 2 aromatic rings. The Morgan fingerprint density at radius 3 is 2.56 bits per heavy atom. The van der Waals surface area contributed by atoms with Gasteiger partial charge >= 0.3 is 0 Å². The van der Waals surface area contributed by atoms with E-state index in [1.54, 1.807) is 6.08 Å². The van der Waals surface area contributed by atoms with E-state index < -0.39 is 0 Å². The molecule has 3 rings (SSSR count). The Balaban J connectivity index is 1.85. The van der Waals surface area contributed by atoms with Crippen molar-refractivity contribution in [3.8, 4) is 5.75 Å². The second-order valence-corrected chi connectivity index (χ2v) is 6.97. The van der Waals surface area contributed by atoms with Crippen molar-refractivity contribution in [1.82, 2.24) is 5.32 Å². The molecule has 1 heterocycles. The maximum Gasteiger partial charge on any atom is 0.290 e. The summed E-state index contributed by atoms with van der Waals surface area (Å²) in [7, 11) is 0. The molecular formula is C20H21NO3S. The van der Waals surface area contributed by atoms with E-state index in [9.17, 15) is 9.59 Å². The van der Waals surface area contributed by atoms with Gasteiger partial charge in [0.25, 0.3) is 11.1 Å². The molecule has 0 bridgehead atoms. The summed E-state index contributed by atoms with van der Waals surface area (Å²) in [5, 5.41) is 3.98. The Hall–Kier alpha value is -2.27. The summed E-state index contributed by atoms with van der Waals surface area (Å²) >= 11 is 0.933. The number of hydrogen-bond donors (Lipinski definition) is 1. The van der Waals surface area contributed by atoms with Gasteiger partial charge in [0.2, 0.25) is 0 Å². The highest BCUT2D eigenvalue weighted by Gasteiger charge is 2.25. The summed E-state index contributed by atoms with van der Waals surface area (Å²) in [5.41, 5.74) is 0.904. The minimum absolute atomic E-state index is 0.326. The zero-order valence-electron chi connectivity index (χ0n) is 14.2. The maximum atomic E-state index is 11.8. The minimum atomic E-state index is -0.338. The Morgan fingerprint density at radius 2 is 1.84 bits per heavy atom. The summed E-state index contributed by atoms with van der Waals surface area (Å²) in [4.78, 5) is 23.5. The monoisotopic (exact) mass is 355 g/mol. The predicted molar refractivity (Wildman–Crippen MR) is 103 cm³/mol. The smallest absolute Gasteiger partial charge is 0.290 e. The molecule has 1 fully saturated rings. The fourth-order valence-electron chi connectivity index (χ4n) is 2.82. The lowest BCUT2D eigenvalue weighted by atomic mass is 10.0. The number of carbonyl (C=O) groups is 2. The number of carbonyl (C=O) groups excluding carboxylic acids is 2. The van der Waals surface area contributed by atoms with Gasteiger partial charge in [-0.15, -0.1) is 0 Å². The van der Waals surface area contributed by atoms with E-state index >= 15 is 0 Å². The molecule has 1 aliphatic rings. The molecule has 0 radical (unpaired) electrons. The fourth-order valence-corrected chi connectivity index (χ4v) is 3.49. The van der Waals surface area contributed by atoms with Crippen LogP contribution in [0.4, 0.5) is 4.79 Å². The third-order valence-electron chi connectivity index (χ3n) is 4.10. The molecule has 1 saturated heterocycles. The number of rotatable bonds is 7. The molecule has 25 heavy (non-hydrogen) atoms. The lowest BCUT2D eigenvalue weighted by molar-refractivity contribution is -0.115. The van der Waals surface area contributed by atoms with Gasteiger partial charge < -0.3 is 4.74 Å². The molecule has 0 spiro atoms. The highest BCUT2D eigenvalue weighted by Crippen LogP contribution is 2.32. The van der Waals surface area contributed by atoms with Gasteiger partial charge in [-0.1, -0.05) is 56.5 Å². The molecule has 4 nitrogen and oxygen atoms in total. The zero-order chi connectivity index (χ0) is 17.6. The lowest BCUT2D eigenvalue weighted by Crippen LogP contribution is -2.17. The quantitative estimate of drug-likeness (QED) is 0.553. The van der Waals surface area contributed by atoms with Crippen LogP contribution in [-0.4, -0.2) is 17.8 Å². The third kappa shape index (κ3) is 4.23. The van der Waals surface area contributed by atoms with Crippen LogP contribution in [0.1, 0.15) is 38.2 Å². The van der Waals surface area contributed by atoms with Crippen molar-refractivity contribution in [2.24, 2.45) is 0 Å². The van der Waals surface area contributed by atoms with Crippen molar-refractivity contribution in [2.75, 3.05) is 6.61 Å². The van der Waals surface area contributed by atoms with Crippen LogP contribution in [0.5, 0.6) is 5.75 Å². The first-order valence-corrected chi connectivity index (χ1v) is 9.40. The van der Waals surface area contributed by atoms with E-state index in [0.717, 1.165) is 40.3 Å². The van der Waals surface area contributed by atoms with Crippen molar-refractivity contribution in [3.05, 3.63) is 46.9 Å². The van der Waals surface area contributed by atoms with Crippen LogP contribution >= 0.6 is 11.8 Å². The number of nitrogens with one attached hydrogen (secondary N) is 1. The molecule has 130 valence electrons. The summed E-state index contributed by atoms with van der Waals surface area (Å²) in [5.74, 6) is 0.518. The van der Waals surface area contributed by atoms with Gasteiger partial charge in [0.1, 0.15) is 5.75 Å². The van der Waals surface area contributed by atoms with Crippen molar-refractivity contribution in [2.45, 2.75) is 32.6 Å². The molecule has 0 aromatic heterocycles. The first-order chi connectivity index (χ1) is 12.2. The molecule has 1 N–H and O–H groups in total. The molecule has 0 aliphatic carbocycles. The first-order valence-electron chi connectivity index (χ1n) is 8.58. The molecular weight excluding hydrogens is 334 g/mol. The predicted octanol–water partition coefficient (Wildman–Crippen LogP) is 5.12. The van der Waals surface area contributed by atoms with E-state index in [-0.39, 0.29) is 11.1 Å². The average molecular weight is 355 g/mol. The SMILES string of the molecule is CCCCCCOc1ccc(/C=C2\SC(=O)NC2=O)c2ccccc12. The summed E-state index contributed by atoms with van der Waals surface area (Å²) < 4.78 is 5.97. The van der Waals surface area contributed by atoms with Gasteiger partial charge in [0.05, 0.1) is 11.5 Å². The van der Waals surface area contributed by atoms with E-state index in [4.69, 9.17) is 4.74 Å². The van der Waals surface area contributed by atoms with Crippen molar-refractivity contribution in [3.63, 3.8) is 0 Å². The van der Waals surface area contributed by atoms with E-state index in [2.05, 4.69) is 12.2 Å². The van der Waals surface area contributed by atoms with Gasteiger partial charge in [-0.25, -0.2) is 0 Å². The maximum absolute atomic E-state index is 11.8. The molecule has 1 aliphatic heterocycles. The Labute approximate surface area is 151 Å². The largest absolute Gasteiger partial charge is 0.493 e. The van der Waals surface area contributed by atoms with Crippen LogP contribution in [-0.2, 0) is 4.79 Å². The second-order valence-electron chi connectivity index (χ2n) is 5.96. The molecule has 2 amide bonds. The highest BCUT2D eigenvalue weighted by atomic mass is 32.2. The minimum Gasteiger partial charge on any atom is -0.493 e. The van der Waals surface area contributed by atoms with Crippen LogP contribution < -0.4 is 10.1 Å². The topological polar surface area (TPSA) is 55.4 Å². The number of ether oxygens (including phenoxy) is 1. The highest BCUT2D eigenvalue weighted by molar-refractivity contribution is 8.18. The summed E-state index contributed by atoms with van der Waals surface area (Å²) in [6.45, 7) is 2.90. The van der Waals surface area contributed by atoms with Crippen LogP contribution in [0, 0.1) is 0 Å². The average Bonchev–Trinajstić information content (AvgIpc) is 2.93. The third-order valence-corrected chi connectivity index (χ3v) is 4.91. The molecule has 0 saturated carbocycles. The van der Waals surface area contributed by atoms with Crippen LogP contribution in [0.2, 0.25) is 0 Å². The van der Waals surface area contributed by atoms with Gasteiger partial charge in [-0.2, -0.15) is 0 Å². The standard InChI is InChI=1S/C20H21NO3S/c1-2-3-4-7-12-24-17-11-10-14(15-8-5-6-9-16(15)17)13-18-19(22)21-20(23)25-18/h5-6,8-11,13H,2-4,7,12H2,1H3,(H,21,22,23)/b18-13-. The van der Waals surface area contributed by atoms with Gasteiger partial charge in [-0.3, -0.25) is 14.9 Å². The second kappa shape index (κ2) is 8.21. The van der Waals surface area contributed by atoms with E-state index in [0.29, 0.717) is 11.5 Å². The Bertz CT molecular complexity index is 829. The number of unbranched alkanes of at least 4 members (excludes halogenated alkanes) is 3. The summed E-state index contributed by atoms with van der Waals surface area (Å²) in [6.07, 6.45) is 6.43. The molecule has 0 unspecified atom stereocenters. The lowest BCUT2D eigenvalue weighted by Gasteiger charge is -2.11. The molecule has 5 heteroatoms. The van der Waals surface area contributed by atoms with E-state index in [1.165, 1.54) is 19.3 Å². The normalized spacial score (nSPS) is 15.8. The number of thioether (sulfide) groups is 1. The fraction of sp³-hybridized carbons (Fsp3) is 0.300. The van der Waals surface area contributed by atoms with Gasteiger partial charge in [-0.05, 0) is 41.3 Å². The number of imide groups is 1. The van der Waals surface area contributed by atoms with Crippen molar-refractivity contribution >= 4 is 39.8 Å².